The summed E-state index contributed by atoms with van der Waals surface area (Å²) in [6.45, 7) is 2.40. The van der Waals surface area contributed by atoms with Crippen molar-refractivity contribution in [2.45, 2.75) is 44.1 Å². The molecule has 17 heavy (non-hydrogen) atoms. The second-order valence-electron chi connectivity index (χ2n) is 5.31. The van der Waals surface area contributed by atoms with Crippen molar-refractivity contribution < 1.29 is 9.16 Å². The molecular weight excluding hydrogens is 228 g/mol. The van der Waals surface area contributed by atoms with E-state index in [0.29, 0.717) is 5.04 Å². The van der Waals surface area contributed by atoms with E-state index in [1.54, 1.807) is 7.11 Å². The molecule has 0 radical (unpaired) electrons. The number of hydrogen-bond donors (Lipinski definition) is 0. The molecule has 1 aromatic rings. The fraction of sp³-hybridized carbons (Fsp3) is 0.571. The average Bonchev–Trinajstić information content (AvgIpc) is 2.38. The van der Waals surface area contributed by atoms with Gasteiger partial charge in [0.15, 0.2) is 5.75 Å². The van der Waals surface area contributed by atoms with Crippen molar-refractivity contribution in [1.29, 1.82) is 0 Å². The van der Waals surface area contributed by atoms with E-state index < -0.39 is 9.76 Å². The Morgan fingerprint density at radius 2 is 1.71 bits per heavy atom. The average molecular weight is 250 g/mol. The third-order valence-electron chi connectivity index (χ3n) is 3.71. The summed E-state index contributed by atoms with van der Waals surface area (Å²) in [6.07, 6.45) is 6.83. The Morgan fingerprint density at radius 1 is 1.06 bits per heavy atom. The molecule has 0 heterocycles. The molecule has 0 N–H and O–H groups in total. The molecule has 0 amide bonds. The maximum atomic E-state index is 6.08. The second kappa shape index (κ2) is 5.58. The van der Waals surface area contributed by atoms with Crippen LogP contribution in [0.15, 0.2) is 24.3 Å². The summed E-state index contributed by atoms with van der Waals surface area (Å²) in [6, 6.07) is 7.97. The highest BCUT2D eigenvalue weighted by Crippen LogP contribution is 2.42. The van der Waals surface area contributed by atoms with Crippen LogP contribution in [-0.2, 0) is 0 Å². The largest absolute Gasteiger partial charge is 0.546 e. The number of ether oxygens (including phenoxy) is 1. The Labute approximate surface area is 106 Å². The molecule has 2 nitrogen and oxygen atoms in total. The SMILES string of the molecule is COc1ccccc1O[SiH2]C1(C)CCCCC1. The first kappa shape index (κ1) is 12.5. The van der Waals surface area contributed by atoms with E-state index in [4.69, 9.17) is 9.16 Å². The fourth-order valence-electron chi connectivity index (χ4n) is 2.54. The zero-order valence-corrected chi connectivity index (χ0v) is 12.3. The Bertz CT molecular complexity index is 359. The van der Waals surface area contributed by atoms with Crippen LogP contribution >= 0.6 is 0 Å². The number of hydrogen-bond acceptors (Lipinski definition) is 2. The van der Waals surface area contributed by atoms with Gasteiger partial charge in [-0.2, -0.15) is 0 Å². The quantitative estimate of drug-likeness (QED) is 0.763. The third kappa shape index (κ3) is 3.25. The first-order valence-corrected chi connectivity index (χ1v) is 7.78. The molecule has 0 bridgehead atoms. The van der Waals surface area contributed by atoms with Gasteiger partial charge < -0.3 is 9.16 Å². The lowest BCUT2D eigenvalue weighted by atomic mass is 9.90. The molecule has 1 fully saturated rings. The summed E-state index contributed by atoms with van der Waals surface area (Å²) in [4.78, 5) is 0. The Hall–Kier alpha value is -0.963. The number of benzene rings is 1. The molecule has 1 aromatic carbocycles. The maximum absolute atomic E-state index is 6.08. The van der Waals surface area contributed by atoms with Gasteiger partial charge in [-0.05, 0) is 30.0 Å². The van der Waals surface area contributed by atoms with Gasteiger partial charge in [0, 0.05) is 0 Å². The highest BCUT2D eigenvalue weighted by Gasteiger charge is 2.28. The highest BCUT2D eigenvalue weighted by atomic mass is 28.2. The van der Waals surface area contributed by atoms with Crippen LogP contribution in [0.25, 0.3) is 0 Å². The van der Waals surface area contributed by atoms with Crippen LogP contribution in [-0.4, -0.2) is 16.9 Å². The molecule has 0 atom stereocenters. The van der Waals surface area contributed by atoms with Gasteiger partial charge in [0.25, 0.3) is 0 Å². The van der Waals surface area contributed by atoms with E-state index in [0.717, 1.165) is 11.5 Å². The number of para-hydroxylation sites is 2. The van der Waals surface area contributed by atoms with Crippen LogP contribution in [0.4, 0.5) is 0 Å². The predicted molar refractivity (Wildman–Crippen MR) is 73.6 cm³/mol. The van der Waals surface area contributed by atoms with Crippen LogP contribution in [0.5, 0.6) is 11.5 Å². The zero-order chi connectivity index (χ0) is 12.1. The molecule has 94 valence electrons. The van der Waals surface area contributed by atoms with E-state index in [9.17, 15) is 0 Å². The van der Waals surface area contributed by atoms with Gasteiger partial charge in [0.1, 0.15) is 5.75 Å². The summed E-state index contributed by atoms with van der Waals surface area (Å²) in [5.74, 6) is 1.79. The second-order valence-corrected chi connectivity index (χ2v) is 7.60. The Morgan fingerprint density at radius 3 is 2.35 bits per heavy atom. The molecule has 1 aliphatic rings. The van der Waals surface area contributed by atoms with E-state index in [1.165, 1.54) is 32.1 Å². The minimum atomic E-state index is -0.540. The molecule has 0 aromatic heterocycles. The normalized spacial score (nSPS) is 19.4. The van der Waals surface area contributed by atoms with Crippen LogP contribution in [0, 0.1) is 0 Å². The summed E-state index contributed by atoms with van der Waals surface area (Å²) in [5, 5.41) is 0.485. The van der Waals surface area contributed by atoms with Gasteiger partial charge in [-0.3, -0.25) is 0 Å². The van der Waals surface area contributed by atoms with Gasteiger partial charge in [-0.1, -0.05) is 38.3 Å². The topological polar surface area (TPSA) is 18.5 Å². The fourth-order valence-corrected chi connectivity index (χ4v) is 4.07. The first-order chi connectivity index (χ1) is 8.23. The van der Waals surface area contributed by atoms with Crippen LogP contribution in [0.2, 0.25) is 5.04 Å². The molecule has 2 rings (SSSR count). The third-order valence-corrected chi connectivity index (χ3v) is 5.57. The van der Waals surface area contributed by atoms with Crippen LogP contribution in [0.3, 0.4) is 0 Å². The van der Waals surface area contributed by atoms with Gasteiger partial charge in [-0.25, -0.2) is 0 Å². The molecule has 0 saturated heterocycles. The Kier molecular flexibility index (Phi) is 4.10. The highest BCUT2D eigenvalue weighted by molar-refractivity contribution is 6.33. The first-order valence-electron chi connectivity index (χ1n) is 6.49. The Balaban J connectivity index is 1.96. The van der Waals surface area contributed by atoms with Crippen LogP contribution < -0.4 is 9.16 Å². The lowest BCUT2D eigenvalue weighted by Gasteiger charge is -2.32. The number of rotatable bonds is 4. The van der Waals surface area contributed by atoms with Crippen molar-refractivity contribution in [3.63, 3.8) is 0 Å². The van der Waals surface area contributed by atoms with Crippen molar-refractivity contribution in [2.75, 3.05) is 7.11 Å². The maximum Gasteiger partial charge on any atom is 0.225 e. The lowest BCUT2D eigenvalue weighted by Crippen LogP contribution is -2.24. The molecular formula is C14H22O2Si. The van der Waals surface area contributed by atoms with Crippen molar-refractivity contribution in [3.05, 3.63) is 24.3 Å². The summed E-state index contributed by atoms with van der Waals surface area (Å²) < 4.78 is 11.4. The molecule has 0 unspecified atom stereocenters. The lowest BCUT2D eigenvalue weighted by molar-refractivity contribution is 0.361. The predicted octanol–water partition coefficient (Wildman–Crippen LogP) is 3.30. The number of methoxy groups -OCH3 is 1. The molecule has 1 aliphatic carbocycles. The minimum Gasteiger partial charge on any atom is -0.546 e. The van der Waals surface area contributed by atoms with Crippen molar-refractivity contribution in [3.8, 4) is 11.5 Å². The summed E-state index contributed by atoms with van der Waals surface area (Å²) >= 11 is 0. The van der Waals surface area contributed by atoms with E-state index in [1.807, 2.05) is 24.3 Å². The van der Waals surface area contributed by atoms with Gasteiger partial charge in [0.2, 0.25) is 9.76 Å². The molecule has 0 spiro atoms. The molecule has 1 saturated carbocycles. The minimum absolute atomic E-state index is 0.485. The smallest absolute Gasteiger partial charge is 0.225 e. The van der Waals surface area contributed by atoms with Gasteiger partial charge in [-0.15, -0.1) is 0 Å². The van der Waals surface area contributed by atoms with Crippen molar-refractivity contribution in [1.82, 2.24) is 0 Å². The standard InChI is InChI=1S/C14H22O2Si/c1-14(10-6-3-7-11-14)17-16-13-9-5-4-8-12(13)15-2/h4-5,8-9H,3,6-7,10-11,17H2,1-2H3. The van der Waals surface area contributed by atoms with Crippen molar-refractivity contribution in [2.24, 2.45) is 0 Å². The zero-order valence-electron chi connectivity index (χ0n) is 10.9. The molecule has 0 aliphatic heterocycles. The summed E-state index contributed by atoms with van der Waals surface area (Å²) in [7, 11) is 1.16. The van der Waals surface area contributed by atoms with E-state index in [2.05, 4.69) is 6.92 Å². The van der Waals surface area contributed by atoms with E-state index >= 15 is 0 Å². The van der Waals surface area contributed by atoms with Crippen LogP contribution in [0.1, 0.15) is 39.0 Å². The molecule has 3 heteroatoms. The van der Waals surface area contributed by atoms with Gasteiger partial charge in [0.05, 0.1) is 7.11 Å². The van der Waals surface area contributed by atoms with E-state index in [-0.39, 0.29) is 0 Å². The monoisotopic (exact) mass is 250 g/mol. The van der Waals surface area contributed by atoms with Gasteiger partial charge >= 0.3 is 0 Å². The van der Waals surface area contributed by atoms with Crippen molar-refractivity contribution >= 4 is 9.76 Å². The summed E-state index contributed by atoms with van der Waals surface area (Å²) in [5.41, 5.74) is 0.